The molecule has 1 amide bonds. The molecule has 3 nitrogen and oxygen atoms in total. The molecule has 0 aliphatic carbocycles. The van der Waals surface area contributed by atoms with Crippen LogP contribution in [0.4, 0.5) is 13.2 Å². The largest absolute Gasteiger partial charge is 0.417 e. The first-order valence-corrected chi connectivity index (χ1v) is 5.77. The molecular weight excluding hydrogens is 235 g/mol. The summed E-state index contributed by atoms with van der Waals surface area (Å²) in [6.07, 6.45) is -4.56. The highest BCUT2D eigenvalue weighted by atomic mass is 19.4. The Balaban J connectivity index is 2.72. The van der Waals surface area contributed by atoms with Crippen molar-refractivity contribution in [2.45, 2.75) is 44.9 Å². The molecule has 1 aliphatic rings. The molecule has 100 valence electrons. The van der Waals surface area contributed by atoms with Crippen molar-refractivity contribution in [1.29, 1.82) is 0 Å². The summed E-state index contributed by atoms with van der Waals surface area (Å²) >= 11 is 0. The van der Waals surface area contributed by atoms with Gasteiger partial charge in [-0.3, -0.25) is 4.79 Å². The maximum absolute atomic E-state index is 12.8. The third kappa shape index (κ3) is 2.73. The van der Waals surface area contributed by atoms with Crippen molar-refractivity contribution in [1.82, 2.24) is 4.90 Å². The smallest absolute Gasteiger partial charge is 0.380 e. The molecule has 0 aromatic rings. The van der Waals surface area contributed by atoms with Crippen molar-refractivity contribution in [2.24, 2.45) is 5.92 Å². The molecular formula is C11H18F3NO2. The van der Waals surface area contributed by atoms with E-state index >= 15 is 0 Å². The van der Waals surface area contributed by atoms with Gasteiger partial charge in [0.25, 0.3) is 0 Å². The minimum Gasteiger partial charge on any atom is -0.380 e. The van der Waals surface area contributed by atoms with Crippen LogP contribution in [-0.2, 0) is 4.79 Å². The molecule has 0 aromatic carbocycles. The molecule has 0 radical (unpaired) electrons. The van der Waals surface area contributed by atoms with E-state index in [0.717, 1.165) is 0 Å². The fourth-order valence-electron chi connectivity index (χ4n) is 2.39. The summed E-state index contributed by atoms with van der Waals surface area (Å²) < 4.78 is 38.4. The molecule has 1 atom stereocenters. The highest BCUT2D eigenvalue weighted by molar-refractivity contribution is 5.73. The lowest BCUT2D eigenvalue weighted by molar-refractivity contribution is -0.284. The Kier molecular flexibility index (Phi) is 4.06. The van der Waals surface area contributed by atoms with Gasteiger partial charge in [-0.15, -0.1) is 0 Å². The molecule has 1 heterocycles. The highest BCUT2D eigenvalue weighted by Crippen LogP contribution is 2.42. The minimum atomic E-state index is -4.61. The third-order valence-electron chi connectivity index (χ3n) is 3.65. The number of nitrogens with zero attached hydrogens (tertiary/aromatic N) is 1. The fourth-order valence-corrected chi connectivity index (χ4v) is 2.39. The summed E-state index contributed by atoms with van der Waals surface area (Å²) in [6.45, 7) is 3.32. The minimum absolute atomic E-state index is 0.129. The first-order chi connectivity index (χ1) is 7.72. The van der Waals surface area contributed by atoms with E-state index in [-0.39, 0.29) is 25.2 Å². The van der Waals surface area contributed by atoms with E-state index in [9.17, 15) is 23.1 Å². The lowest BCUT2D eigenvalue weighted by atomic mass is 9.78. The van der Waals surface area contributed by atoms with Crippen molar-refractivity contribution >= 4 is 5.91 Å². The van der Waals surface area contributed by atoms with E-state index in [0.29, 0.717) is 13.1 Å². The van der Waals surface area contributed by atoms with E-state index < -0.39 is 17.7 Å². The van der Waals surface area contributed by atoms with Crippen molar-refractivity contribution in [3.05, 3.63) is 0 Å². The normalized spacial score (nSPS) is 22.4. The Bertz CT molecular complexity index is 285. The quantitative estimate of drug-likeness (QED) is 0.817. The van der Waals surface area contributed by atoms with Crippen LogP contribution < -0.4 is 0 Å². The first kappa shape index (κ1) is 14.3. The topological polar surface area (TPSA) is 40.5 Å². The molecule has 1 fully saturated rings. The summed E-state index contributed by atoms with van der Waals surface area (Å²) in [5.74, 6) is -0.946. The molecule has 1 saturated heterocycles. The standard InChI is InChI=1S/C11H18F3NO2/c1-3-10(17,11(12,13)14)9-4-6-15(7-5-9)8(2)16/h9,17H,3-7H2,1-2H3. The van der Waals surface area contributed by atoms with Crippen LogP contribution in [0.25, 0.3) is 0 Å². The molecule has 0 aromatic heterocycles. The lowest BCUT2D eigenvalue weighted by Crippen LogP contribution is -2.54. The van der Waals surface area contributed by atoms with Crippen molar-refractivity contribution in [3.8, 4) is 0 Å². The number of hydrogen-bond donors (Lipinski definition) is 1. The van der Waals surface area contributed by atoms with Crippen LogP contribution >= 0.6 is 0 Å². The van der Waals surface area contributed by atoms with Gasteiger partial charge in [0.2, 0.25) is 5.91 Å². The number of alkyl halides is 3. The van der Waals surface area contributed by atoms with Gasteiger partial charge in [-0.2, -0.15) is 13.2 Å². The number of hydrogen-bond acceptors (Lipinski definition) is 2. The second-order valence-corrected chi connectivity index (χ2v) is 4.56. The predicted octanol–water partition coefficient (Wildman–Crippen LogP) is 1.95. The summed E-state index contributed by atoms with van der Waals surface area (Å²) in [7, 11) is 0. The molecule has 0 saturated carbocycles. The van der Waals surface area contributed by atoms with Crippen molar-refractivity contribution < 1.29 is 23.1 Å². The van der Waals surface area contributed by atoms with E-state index in [1.54, 1.807) is 0 Å². The molecule has 6 heteroatoms. The van der Waals surface area contributed by atoms with Gasteiger partial charge in [0.15, 0.2) is 5.60 Å². The van der Waals surface area contributed by atoms with Gasteiger partial charge in [-0.1, -0.05) is 6.92 Å². The van der Waals surface area contributed by atoms with Crippen molar-refractivity contribution in [2.75, 3.05) is 13.1 Å². The summed E-state index contributed by atoms with van der Waals surface area (Å²) in [5.41, 5.74) is -2.62. The molecule has 0 bridgehead atoms. The van der Waals surface area contributed by atoms with Crippen molar-refractivity contribution in [3.63, 3.8) is 0 Å². The number of amides is 1. The zero-order valence-electron chi connectivity index (χ0n) is 10.0. The van der Waals surface area contributed by atoms with Gasteiger partial charge in [-0.05, 0) is 25.2 Å². The van der Waals surface area contributed by atoms with Crippen LogP contribution in [0.3, 0.4) is 0 Å². The Hall–Kier alpha value is -0.780. The van der Waals surface area contributed by atoms with E-state index in [2.05, 4.69) is 0 Å². The summed E-state index contributed by atoms with van der Waals surface area (Å²) in [6, 6.07) is 0. The SMILES string of the molecule is CCC(O)(C1CCN(C(C)=O)CC1)C(F)(F)F. The Morgan fingerprint density at radius 2 is 1.82 bits per heavy atom. The molecule has 17 heavy (non-hydrogen) atoms. The first-order valence-electron chi connectivity index (χ1n) is 5.77. The van der Waals surface area contributed by atoms with Crippen LogP contribution in [0, 0.1) is 5.92 Å². The Morgan fingerprint density at radius 1 is 1.35 bits per heavy atom. The second-order valence-electron chi connectivity index (χ2n) is 4.56. The molecule has 0 spiro atoms. The van der Waals surface area contributed by atoms with Crippen LogP contribution in [-0.4, -0.2) is 40.8 Å². The average molecular weight is 253 g/mol. The number of likely N-dealkylation sites (tertiary alicyclic amines) is 1. The number of piperidine rings is 1. The Morgan fingerprint density at radius 3 is 2.12 bits per heavy atom. The Labute approximate surface area is 98.6 Å². The van der Waals surface area contributed by atoms with Gasteiger partial charge in [0.1, 0.15) is 0 Å². The molecule has 1 rings (SSSR count). The number of carbonyl (C=O) groups is 1. The number of rotatable bonds is 2. The second kappa shape index (κ2) is 4.84. The molecule has 1 aliphatic heterocycles. The maximum atomic E-state index is 12.8. The number of aliphatic hydroxyl groups is 1. The van der Waals surface area contributed by atoms with Crippen LogP contribution in [0.5, 0.6) is 0 Å². The maximum Gasteiger partial charge on any atom is 0.417 e. The van der Waals surface area contributed by atoms with Gasteiger partial charge in [0, 0.05) is 20.0 Å². The molecule has 1 unspecified atom stereocenters. The highest BCUT2D eigenvalue weighted by Gasteiger charge is 2.57. The van der Waals surface area contributed by atoms with E-state index in [4.69, 9.17) is 0 Å². The van der Waals surface area contributed by atoms with Crippen LogP contribution in [0.15, 0.2) is 0 Å². The van der Waals surface area contributed by atoms with Gasteiger partial charge in [0.05, 0.1) is 0 Å². The zero-order chi connectivity index (χ0) is 13.3. The van der Waals surface area contributed by atoms with E-state index in [1.165, 1.54) is 18.7 Å². The third-order valence-corrected chi connectivity index (χ3v) is 3.65. The lowest BCUT2D eigenvalue weighted by Gasteiger charge is -2.41. The summed E-state index contributed by atoms with van der Waals surface area (Å²) in [5, 5.41) is 9.78. The number of carbonyl (C=O) groups excluding carboxylic acids is 1. The van der Waals surface area contributed by atoms with Gasteiger partial charge in [-0.25, -0.2) is 0 Å². The van der Waals surface area contributed by atoms with Crippen LogP contribution in [0.1, 0.15) is 33.1 Å². The van der Waals surface area contributed by atoms with Gasteiger partial charge < -0.3 is 10.0 Å². The summed E-state index contributed by atoms with van der Waals surface area (Å²) in [4.78, 5) is 12.6. The van der Waals surface area contributed by atoms with Crippen LogP contribution in [0.2, 0.25) is 0 Å². The van der Waals surface area contributed by atoms with E-state index in [1.807, 2.05) is 0 Å². The monoisotopic (exact) mass is 253 g/mol. The average Bonchev–Trinajstić information content (AvgIpc) is 2.26. The molecule has 1 N–H and O–H groups in total. The predicted molar refractivity (Wildman–Crippen MR) is 56.3 cm³/mol. The zero-order valence-corrected chi connectivity index (χ0v) is 10.0. The fraction of sp³-hybridized carbons (Fsp3) is 0.909. The van der Waals surface area contributed by atoms with Gasteiger partial charge >= 0.3 is 6.18 Å². The number of halogens is 3.